The number of aliphatic hydroxyl groups is 1. The van der Waals surface area contributed by atoms with E-state index in [4.69, 9.17) is 0 Å². The lowest BCUT2D eigenvalue weighted by molar-refractivity contribution is -0.387. The number of hydrogen-bond donors (Lipinski definition) is 1. The van der Waals surface area contributed by atoms with Crippen molar-refractivity contribution < 1.29 is 14.4 Å². The van der Waals surface area contributed by atoms with Gasteiger partial charge < -0.3 is 5.11 Å². The fraction of sp³-hybridized carbons (Fsp3) is 0.455. The van der Waals surface area contributed by atoms with Crippen LogP contribution in [0.25, 0.3) is 0 Å². The molecule has 1 saturated heterocycles. The van der Waals surface area contributed by atoms with Gasteiger partial charge in [-0.15, -0.1) is 0 Å². The largest absolute Gasteiger partial charge is 0.392 e. The van der Waals surface area contributed by atoms with Crippen LogP contribution in [0, 0.1) is 15.9 Å². The van der Waals surface area contributed by atoms with Crippen molar-refractivity contribution in [1.82, 2.24) is 4.90 Å². The molecule has 92 valence electrons. The van der Waals surface area contributed by atoms with Crippen LogP contribution in [-0.4, -0.2) is 34.1 Å². The SMILES string of the molecule is O=[N+]([O-])c1ccc(CN2CC[C@H](O)C2)cc1F. The van der Waals surface area contributed by atoms with Gasteiger partial charge in [0.2, 0.25) is 5.82 Å². The minimum Gasteiger partial charge on any atom is -0.392 e. The number of benzene rings is 1. The molecule has 0 bridgehead atoms. The summed E-state index contributed by atoms with van der Waals surface area (Å²) in [4.78, 5) is 11.7. The molecule has 0 spiro atoms. The molecule has 2 rings (SSSR count). The first kappa shape index (κ1) is 11.9. The Morgan fingerprint density at radius 3 is 2.88 bits per heavy atom. The molecule has 1 fully saturated rings. The van der Waals surface area contributed by atoms with E-state index in [0.29, 0.717) is 18.7 Å². The molecule has 0 aromatic heterocycles. The van der Waals surface area contributed by atoms with Gasteiger partial charge in [0.25, 0.3) is 0 Å². The number of hydrogen-bond acceptors (Lipinski definition) is 4. The van der Waals surface area contributed by atoms with Crippen LogP contribution in [0.15, 0.2) is 18.2 Å². The minimum absolute atomic E-state index is 0.321. The summed E-state index contributed by atoms with van der Waals surface area (Å²) in [5, 5.41) is 19.8. The highest BCUT2D eigenvalue weighted by atomic mass is 19.1. The van der Waals surface area contributed by atoms with Crippen LogP contribution in [0.2, 0.25) is 0 Å². The van der Waals surface area contributed by atoms with Gasteiger partial charge >= 0.3 is 5.69 Å². The lowest BCUT2D eigenvalue weighted by Crippen LogP contribution is -2.21. The molecule has 6 heteroatoms. The molecule has 1 aromatic carbocycles. The quantitative estimate of drug-likeness (QED) is 0.638. The summed E-state index contributed by atoms with van der Waals surface area (Å²) >= 11 is 0. The summed E-state index contributed by atoms with van der Waals surface area (Å²) in [7, 11) is 0. The van der Waals surface area contributed by atoms with Gasteiger partial charge in [-0.2, -0.15) is 4.39 Å². The highest BCUT2D eigenvalue weighted by Crippen LogP contribution is 2.20. The van der Waals surface area contributed by atoms with Gasteiger partial charge in [0.15, 0.2) is 0 Å². The Morgan fingerprint density at radius 2 is 2.35 bits per heavy atom. The second kappa shape index (κ2) is 4.77. The van der Waals surface area contributed by atoms with Crippen molar-refractivity contribution in [2.75, 3.05) is 13.1 Å². The zero-order valence-corrected chi connectivity index (χ0v) is 9.17. The Hall–Kier alpha value is -1.53. The molecule has 0 radical (unpaired) electrons. The molecule has 1 atom stereocenters. The first-order valence-electron chi connectivity index (χ1n) is 5.39. The van der Waals surface area contributed by atoms with E-state index in [9.17, 15) is 19.6 Å². The van der Waals surface area contributed by atoms with Crippen LogP contribution in [0.1, 0.15) is 12.0 Å². The lowest BCUT2D eigenvalue weighted by atomic mass is 10.2. The van der Waals surface area contributed by atoms with Crippen molar-refractivity contribution in [2.45, 2.75) is 19.1 Å². The van der Waals surface area contributed by atoms with Gasteiger partial charge in [-0.25, -0.2) is 0 Å². The summed E-state index contributed by atoms with van der Waals surface area (Å²) in [6, 6.07) is 3.91. The predicted molar refractivity (Wildman–Crippen MR) is 59.0 cm³/mol. The van der Waals surface area contributed by atoms with E-state index >= 15 is 0 Å². The van der Waals surface area contributed by atoms with Crippen molar-refractivity contribution in [3.8, 4) is 0 Å². The van der Waals surface area contributed by atoms with Crippen LogP contribution >= 0.6 is 0 Å². The highest BCUT2D eigenvalue weighted by molar-refractivity contribution is 5.35. The number of rotatable bonds is 3. The smallest absolute Gasteiger partial charge is 0.304 e. The molecule has 0 aliphatic carbocycles. The van der Waals surface area contributed by atoms with Crippen LogP contribution in [0.4, 0.5) is 10.1 Å². The second-order valence-electron chi connectivity index (χ2n) is 4.22. The van der Waals surface area contributed by atoms with Crippen molar-refractivity contribution >= 4 is 5.69 Å². The standard InChI is InChI=1S/C11H13FN2O3/c12-10-5-8(1-2-11(10)14(16)17)6-13-4-3-9(15)7-13/h1-2,5,9,15H,3-4,6-7H2/t9-/m0/s1. The van der Waals surface area contributed by atoms with Crippen LogP contribution in [0.5, 0.6) is 0 Å². The average molecular weight is 240 g/mol. The summed E-state index contributed by atoms with van der Waals surface area (Å²) in [6.45, 7) is 1.84. The maximum absolute atomic E-state index is 13.3. The molecule has 0 amide bonds. The first-order chi connectivity index (χ1) is 8.06. The molecule has 17 heavy (non-hydrogen) atoms. The Balaban J connectivity index is 2.07. The van der Waals surface area contributed by atoms with E-state index in [1.165, 1.54) is 12.1 Å². The summed E-state index contributed by atoms with van der Waals surface area (Å²) in [5.74, 6) is -0.813. The summed E-state index contributed by atoms with van der Waals surface area (Å²) in [6.07, 6.45) is 0.396. The maximum Gasteiger partial charge on any atom is 0.304 e. The molecule has 1 heterocycles. The van der Waals surface area contributed by atoms with Crippen LogP contribution in [0.3, 0.4) is 0 Å². The monoisotopic (exact) mass is 240 g/mol. The van der Waals surface area contributed by atoms with E-state index in [2.05, 4.69) is 0 Å². The number of nitrogens with zero attached hydrogens (tertiary/aromatic N) is 2. The van der Waals surface area contributed by atoms with E-state index in [1.54, 1.807) is 6.07 Å². The second-order valence-corrected chi connectivity index (χ2v) is 4.22. The normalized spacial score (nSPS) is 20.7. The van der Waals surface area contributed by atoms with E-state index in [-0.39, 0.29) is 6.10 Å². The van der Waals surface area contributed by atoms with Crippen molar-refractivity contribution in [3.63, 3.8) is 0 Å². The zero-order chi connectivity index (χ0) is 12.4. The summed E-state index contributed by atoms with van der Waals surface area (Å²) in [5.41, 5.74) is 0.178. The molecule has 1 aromatic rings. The van der Waals surface area contributed by atoms with E-state index in [0.717, 1.165) is 13.0 Å². The third-order valence-electron chi connectivity index (χ3n) is 2.86. The average Bonchev–Trinajstić information content (AvgIpc) is 2.63. The molecule has 5 nitrogen and oxygen atoms in total. The predicted octanol–water partition coefficient (Wildman–Crippen LogP) is 1.30. The number of nitro groups is 1. The van der Waals surface area contributed by atoms with Crippen LogP contribution < -0.4 is 0 Å². The van der Waals surface area contributed by atoms with Crippen LogP contribution in [-0.2, 0) is 6.54 Å². The Morgan fingerprint density at radius 1 is 1.59 bits per heavy atom. The molecular formula is C11H13FN2O3. The van der Waals surface area contributed by atoms with Crippen molar-refractivity contribution in [3.05, 3.63) is 39.7 Å². The Kier molecular flexibility index (Phi) is 3.35. The van der Waals surface area contributed by atoms with Crippen molar-refractivity contribution in [1.29, 1.82) is 0 Å². The number of halogens is 1. The molecular weight excluding hydrogens is 227 g/mol. The maximum atomic E-state index is 13.3. The molecule has 1 aliphatic rings. The number of β-amino-alcohol motifs (C(OH)–C–C–N with tert-alkyl or cyclic N) is 1. The van der Waals surface area contributed by atoms with Gasteiger partial charge in [0, 0.05) is 25.7 Å². The molecule has 1 N–H and O–H groups in total. The fourth-order valence-electron chi connectivity index (χ4n) is 2.01. The molecule has 0 unspecified atom stereocenters. The lowest BCUT2D eigenvalue weighted by Gasteiger charge is -2.14. The van der Waals surface area contributed by atoms with E-state index < -0.39 is 16.4 Å². The third-order valence-corrected chi connectivity index (χ3v) is 2.86. The fourth-order valence-corrected chi connectivity index (χ4v) is 2.01. The Labute approximate surface area is 97.6 Å². The summed E-state index contributed by atoms with van der Waals surface area (Å²) < 4.78 is 13.3. The molecule has 1 aliphatic heterocycles. The third kappa shape index (κ3) is 2.78. The van der Waals surface area contributed by atoms with Gasteiger partial charge in [-0.05, 0) is 18.1 Å². The number of likely N-dealkylation sites (tertiary alicyclic amines) is 1. The zero-order valence-electron chi connectivity index (χ0n) is 9.17. The topological polar surface area (TPSA) is 66.6 Å². The van der Waals surface area contributed by atoms with E-state index in [1.807, 2.05) is 4.90 Å². The van der Waals surface area contributed by atoms with Gasteiger partial charge in [0.05, 0.1) is 11.0 Å². The minimum atomic E-state index is -0.813. The van der Waals surface area contributed by atoms with Crippen molar-refractivity contribution in [2.24, 2.45) is 0 Å². The first-order valence-corrected chi connectivity index (χ1v) is 5.39. The van der Waals surface area contributed by atoms with Gasteiger partial charge in [-0.1, -0.05) is 6.07 Å². The van der Waals surface area contributed by atoms with Gasteiger partial charge in [0.1, 0.15) is 0 Å². The number of nitro benzene ring substituents is 1. The van der Waals surface area contributed by atoms with Gasteiger partial charge in [-0.3, -0.25) is 15.0 Å². The Bertz CT molecular complexity index is 439. The number of aliphatic hydroxyl groups excluding tert-OH is 1. The molecule has 0 saturated carbocycles. The highest BCUT2D eigenvalue weighted by Gasteiger charge is 2.21.